The smallest absolute Gasteiger partial charge is 0.266 e. The summed E-state index contributed by atoms with van der Waals surface area (Å²) in [5.74, 6) is -0.847. The van der Waals surface area contributed by atoms with E-state index in [9.17, 15) is 14.9 Å². The molecule has 2 N–H and O–H groups in total. The van der Waals surface area contributed by atoms with Crippen LogP contribution in [0.25, 0.3) is 6.08 Å². The van der Waals surface area contributed by atoms with E-state index in [2.05, 4.69) is 10.6 Å². The molecule has 3 aromatic carbocycles. The van der Waals surface area contributed by atoms with Gasteiger partial charge in [0.05, 0.1) is 10.6 Å². The first-order chi connectivity index (χ1) is 14.9. The third-order valence-corrected chi connectivity index (χ3v) is 4.90. The third kappa shape index (κ3) is 5.59. The van der Waals surface area contributed by atoms with E-state index in [0.29, 0.717) is 27.5 Å². The average molecular weight is 430 g/mol. The van der Waals surface area contributed by atoms with Crippen molar-refractivity contribution in [1.82, 2.24) is 0 Å². The van der Waals surface area contributed by atoms with Gasteiger partial charge >= 0.3 is 0 Å². The fraction of sp³-hybridized carbons (Fsp3) is 0.0800. The van der Waals surface area contributed by atoms with E-state index in [4.69, 9.17) is 11.6 Å². The number of hydrogen-bond donors (Lipinski definition) is 2. The van der Waals surface area contributed by atoms with Crippen molar-refractivity contribution in [2.75, 3.05) is 10.6 Å². The Hall–Kier alpha value is -3.88. The summed E-state index contributed by atoms with van der Waals surface area (Å²) in [7, 11) is 0. The Morgan fingerprint density at radius 1 is 0.968 bits per heavy atom. The number of benzene rings is 3. The van der Waals surface area contributed by atoms with Crippen molar-refractivity contribution >= 4 is 40.9 Å². The molecular weight excluding hydrogens is 410 g/mol. The molecule has 0 radical (unpaired) electrons. The van der Waals surface area contributed by atoms with Gasteiger partial charge in [-0.2, -0.15) is 5.26 Å². The summed E-state index contributed by atoms with van der Waals surface area (Å²) in [5, 5.41) is 15.4. The molecule has 6 heteroatoms. The molecule has 2 amide bonds. The second-order valence-corrected chi connectivity index (χ2v) is 7.41. The lowest BCUT2D eigenvalue weighted by molar-refractivity contribution is -0.112. The van der Waals surface area contributed by atoms with Crippen LogP contribution in [0.1, 0.15) is 27.0 Å². The number of carbonyl (C=O) groups is 2. The topological polar surface area (TPSA) is 82.0 Å². The minimum absolute atomic E-state index is 0.0467. The number of anilines is 2. The highest BCUT2D eigenvalue weighted by Crippen LogP contribution is 2.20. The molecule has 0 aliphatic heterocycles. The van der Waals surface area contributed by atoms with E-state index in [1.54, 1.807) is 48.5 Å². The molecule has 0 fully saturated rings. The number of nitrogens with one attached hydrogen (secondary N) is 2. The van der Waals surface area contributed by atoms with Gasteiger partial charge in [0.25, 0.3) is 11.8 Å². The Kier molecular flexibility index (Phi) is 6.86. The van der Waals surface area contributed by atoms with Crippen molar-refractivity contribution in [2.24, 2.45) is 0 Å². The van der Waals surface area contributed by atoms with Gasteiger partial charge in [-0.05, 0) is 61.4 Å². The Labute approximate surface area is 186 Å². The maximum Gasteiger partial charge on any atom is 0.266 e. The molecule has 0 aromatic heterocycles. The molecule has 31 heavy (non-hydrogen) atoms. The van der Waals surface area contributed by atoms with Gasteiger partial charge in [-0.15, -0.1) is 0 Å². The van der Waals surface area contributed by atoms with Crippen LogP contribution in [0, 0.1) is 25.2 Å². The van der Waals surface area contributed by atoms with Crippen LogP contribution >= 0.6 is 11.6 Å². The molecule has 0 saturated heterocycles. The highest BCUT2D eigenvalue weighted by atomic mass is 35.5. The lowest BCUT2D eigenvalue weighted by Crippen LogP contribution is -2.14. The minimum Gasteiger partial charge on any atom is -0.322 e. The average Bonchev–Trinajstić information content (AvgIpc) is 2.74. The van der Waals surface area contributed by atoms with Gasteiger partial charge < -0.3 is 10.6 Å². The van der Waals surface area contributed by atoms with E-state index in [1.165, 1.54) is 6.08 Å². The number of nitriles is 1. The largest absolute Gasteiger partial charge is 0.322 e. The van der Waals surface area contributed by atoms with Crippen molar-refractivity contribution < 1.29 is 9.59 Å². The number of aryl methyl sites for hydroxylation is 2. The number of nitrogens with zero attached hydrogens (tertiary/aromatic N) is 1. The van der Waals surface area contributed by atoms with Crippen LogP contribution in [0.2, 0.25) is 5.02 Å². The molecule has 3 aromatic rings. The third-order valence-electron chi connectivity index (χ3n) is 4.57. The van der Waals surface area contributed by atoms with E-state index >= 15 is 0 Å². The van der Waals surface area contributed by atoms with Gasteiger partial charge in [0, 0.05) is 11.4 Å². The normalized spacial score (nSPS) is 10.8. The zero-order valence-electron chi connectivity index (χ0n) is 17.1. The van der Waals surface area contributed by atoms with Gasteiger partial charge in [0.2, 0.25) is 0 Å². The number of carbonyl (C=O) groups excluding carboxylic acids is 2. The number of rotatable bonds is 5. The predicted molar refractivity (Wildman–Crippen MR) is 124 cm³/mol. The van der Waals surface area contributed by atoms with Gasteiger partial charge in [-0.1, -0.05) is 53.6 Å². The van der Waals surface area contributed by atoms with Gasteiger partial charge in [0.1, 0.15) is 11.6 Å². The molecule has 3 rings (SSSR count). The number of amides is 2. The molecule has 5 nitrogen and oxygen atoms in total. The van der Waals surface area contributed by atoms with Crippen molar-refractivity contribution in [1.29, 1.82) is 5.26 Å². The molecule has 0 aliphatic carbocycles. The molecule has 0 atom stereocenters. The van der Waals surface area contributed by atoms with E-state index < -0.39 is 5.91 Å². The first-order valence-electron chi connectivity index (χ1n) is 9.53. The fourth-order valence-electron chi connectivity index (χ4n) is 3.01. The van der Waals surface area contributed by atoms with E-state index in [0.717, 1.165) is 11.1 Å². The number of hydrogen-bond acceptors (Lipinski definition) is 3. The maximum atomic E-state index is 12.6. The first kappa shape index (κ1) is 21.8. The molecule has 0 aliphatic rings. The molecule has 0 saturated carbocycles. The molecule has 0 heterocycles. The van der Waals surface area contributed by atoms with E-state index in [1.807, 2.05) is 38.1 Å². The van der Waals surface area contributed by atoms with Crippen LogP contribution in [-0.4, -0.2) is 11.8 Å². The number of halogens is 1. The standard InChI is InChI=1S/C25H20ClN3O2/c1-16-10-11-23(17(2)12-16)29-24(30)19(15-27)13-18-6-5-7-20(14-18)28-25(31)21-8-3-4-9-22(21)26/h3-14H,1-2H3,(H,28,31)(H,29,30)/b19-13+. The monoisotopic (exact) mass is 429 g/mol. The highest BCUT2D eigenvalue weighted by Gasteiger charge is 2.12. The zero-order valence-corrected chi connectivity index (χ0v) is 17.8. The first-order valence-corrected chi connectivity index (χ1v) is 9.91. The quantitative estimate of drug-likeness (QED) is 0.400. The molecule has 154 valence electrons. The van der Waals surface area contributed by atoms with Crippen LogP contribution in [0.4, 0.5) is 11.4 Å². The lowest BCUT2D eigenvalue weighted by atomic mass is 10.1. The van der Waals surface area contributed by atoms with Crippen LogP contribution in [0.3, 0.4) is 0 Å². The summed E-state index contributed by atoms with van der Waals surface area (Å²) in [6.45, 7) is 3.86. The predicted octanol–water partition coefficient (Wildman–Crippen LogP) is 5.75. The second-order valence-electron chi connectivity index (χ2n) is 7.00. The molecule has 0 spiro atoms. The van der Waals surface area contributed by atoms with Crippen molar-refractivity contribution in [2.45, 2.75) is 13.8 Å². The second kappa shape index (κ2) is 9.75. The van der Waals surface area contributed by atoms with Crippen LogP contribution in [0.5, 0.6) is 0 Å². The van der Waals surface area contributed by atoms with Gasteiger partial charge in [0.15, 0.2) is 0 Å². The fourth-order valence-corrected chi connectivity index (χ4v) is 3.23. The van der Waals surface area contributed by atoms with Crippen molar-refractivity contribution in [3.8, 4) is 6.07 Å². The molecule has 0 bridgehead atoms. The highest BCUT2D eigenvalue weighted by molar-refractivity contribution is 6.34. The summed E-state index contributed by atoms with van der Waals surface area (Å²) in [6.07, 6.45) is 1.48. The minimum atomic E-state index is -0.500. The Morgan fingerprint density at radius 2 is 1.74 bits per heavy atom. The molecule has 0 unspecified atom stereocenters. The summed E-state index contributed by atoms with van der Waals surface area (Å²) in [6, 6.07) is 21.2. The van der Waals surface area contributed by atoms with Crippen molar-refractivity contribution in [3.63, 3.8) is 0 Å². The SMILES string of the molecule is Cc1ccc(NC(=O)/C(C#N)=C/c2cccc(NC(=O)c3ccccc3Cl)c2)c(C)c1. The van der Waals surface area contributed by atoms with E-state index in [-0.39, 0.29) is 11.5 Å². The zero-order chi connectivity index (χ0) is 22.4. The Morgan fingerprint density at radius 3 is 2.45 bits per heavy atom. The van der Waals surface area contributed by atoms with Crippen LogP contribution < -0.4 is 10.6 Å². The van der Waals surface area contributed by atoms with Crippen molar-refractivity contribution in [3.05, 3.63) is 99.6 Å². The maximum absolute atomic E-state index is 12.6. The lowest BCUT2D eigenvalue weighted by Gasteiger charge is -2.09. The summed E-state index contributed by atoms with van der Waals surface area (Å²) in [4.78, 5) is 25.0. The van der Waals surface area contributed by atoms with Gasteiger partial charge in [-0.3, -0.25) is 9.59 Å². The summed E-state index contributed by atoms with van der Waals surface area (Å²) < 4.78 is 0. The summed E-state index contributed by atoms with van der Waals surface area (Å²) >= 11 is 6.07. The summed E-state index contributed by atoms with van der Waals surface area (Å²) in [5.41, 5.74) is 4.08. The Balaban J connectivity index is 1.78. The van der Waals surface area contributed by atoms with Gasteiger partial charge in [-0.25, -0.2) is 0 Å². The van der Waals surface area contributed by atoms with Crippen LogP contribution in [-0.2, 0) is 4.79 Å². The molecular formula is C25H20ClN3O2. The Bertz CT molecular complexity index is 1230. The van der Waals surface area contributed by atoms with Crippen LogP contribution in [0.15, 0.2) is 72.3 Å².